The van der Waals surface area contributed by atoms with E-state index >= 15 is 0 Å². The molecule has 4 nitrogen and oxygen atoms in total. The van der Waals surface area contributed by atoms with Crippen LogP contribution in [0.25, 0.3) is 0 Å². The van der Waals surface area contributed by atoms with Gasteiger partial charge in [0.1, 0.15) is 0 Å². The number of unbranched alkanes of at least 4 members (excludes halogenated alkanes) is 1. The molecule has 1 N–H and O–H groups in total. The van der Waals surface area contributed by atoms with Gasteiger partial charge in [-0.2, -0.15) is 0 Å². The van der Waals surface area contributed by atoms with Gasteiger partial charge in [0, 0.05) is 24.8 Å². The molecule has 0 amide bonds. The molecule has 0 bridgehead atoms. The molecule has 1 aliphatic rings. The van der Waals surface area contributed by atoms with Gasteiger partial charge in [-0.1, -0.05) is 13.3 Å². The molecule has 0 aliphatic carbocycles. The third-order valence-electron chi connectivity index (χ3n) is 4.29. The van der Waals surface area contributed by atoms with E-state index in [0.717, 1.165) is 6.54 Å². The van der Waals surface area contributed by atoms with Crippen LogP contribution >= 0.6 is 0 Å². The molecule has 0 aromatic carbocycles. The van der Waals surface area contributed by atoms with Crippen LogP contribution in [0, 0.1) is 0 Å². The molecule has 0 radical (unpaired) electrons. The molecule has 1 aliphatic heterocycles. The molecule has 0 saturated carbocycles. The zero-order chi connectivity index (χ0) is 14.4. The van der Waals surface area contributed by atoms with Crippen LogP contribution < -0.4 is 5.32 Å². The number of hydrogen-bond acceptors (Lipinski definition) is 3. The smallest absolute Gasteiger partial charge is 0.0951 e. The van der Waals surface area contributed by atoms with Gasteiger partial charge in [0.15, 0.2) is 0 Å². The highest BCUT2D eigenvalue weighted by molar-refractivity contribution is 5.00. The molecular formula is C16H30N4. The highest BCUT2D eigenvalue weighted by Gasteiger charge is 2.18. The molecule has 4 heteroatoms. The molecular weight excluding hydrogens is 248 g/mol. The molecule has 0 atom stereocenters. The average Bonchev–Trinajstić information content (AvgIpc) is 2.92. The molecule has 0 unspecified atom stereocenters. The topological polar surface area (TPSA) is 33.1 Å². The van der Waals surface area contributed by atoms with E-state index in [9.17, 15) is 0 Å². The van der Waals surface area contributed by atoms with Gasteiger partial charge < -0.3 is 14.8 Å². The number of rotatable bonds is 7. The molecule has 20 heavy (non-hydrogen) atoms. The SMILES string of the molecule is CCCCN1CCC(NCc2cncn2C(C)C)CC1. The number of imidazole rings is 1. The van der Waals surface area contributed by atoms with E-state index in [-0.39, 0.29) is 0 Å². The van der Waals surface area contributed by atoms with Crippen molar-refractivity contribution in [2.75, 3.05) is 19.6 Å². The van der Waals surface area contributed by atoms with Crippen molar-refractivity contribution in [3.05, 3.63) is 18.2 Å². The monoisotopic (exact) mass is 278 g/mol. The van der Waals surface area contributed by atoms with Gasteiger partial charge in [0.25, 0.3) is 0 Å². The quantitative estimate of drug-likeness (QED) is 0.832. The standard InChI is InChI=1S/C16H30N4/c1-4-5-8-19-9-6-15(7-10-19)18-12-16-11-17-13-20(16)14(2)3/h11,13-15,18H,4-10,12H2,1-3H3. The summed E-state index contributed by atoms with van der Waals surface area (Å²) in [4.78, 5) is 6.88. The first-order valence-corrected chi connectivity index (χ1v) is 8.17. The Morgan fingerprint density at radius 1 is 1.35 bits per heavy atom. The van der Waals surface area contributed by atoms with E-state index in [2.05, 4.69) is 40.5 Å². The van der Waals surface area contributed by atoms with E-state index in [4.69, 9.17) is 0 Å². The minimum absolute atomic E-state index is 0.491. The van der Waals surface area contributed by atoms with Gasteiger partial charge in [-0.25, -0.2) is 4.98 Å². The van der Waals surface area contributed by atoms with Crippen molar-refractivity contribution in [2.24, 2.45) is 0 Å². The van der Waals surface area contributed by atoms with E-state index in [0.29, 0.717) is 12.1 Å². The van der Waals surface area contributed by atoms with Gasteiger partial charge in [-0.15, -0.1) is 0 Å². The third kappa shape index (κ3) is 4.32. The average molecular weight is 278 g/mol. The minimum Gasteiger partial charge on any atom is -0.331 e. The number of piperidine rings is 1. The van der Waals surface area contributed by atoms with E-state index in [1.54, 1.807) is 0 Å². The van der Waals surface area contributed by atoms with Gasteiger partial charge >= 0.3 is 0 Å². The Kier molecular flexibility index (Phi) is 6.05. The Hall–Kier alpha value is -0.870. The summed E-state index contributed by atoms with van der Waals surface area (Å²) < 4.78 is 2.25. The number of nitrogens with one attached hydrogen (secondary N) is 1. The molecule has 1 aromatic rings. The lowest BCUT2D eigenvalue weighted by atomic mass is 10.0. The number of likely N-dealkylation sites (tertiary alicyclic amines) is 1. The summed E-state index contributed by atoms with van der Waals surface area (Å²) in [5.74, 6) is 0. The van der Waals surface area contributed by atoms with Crippen LogP contribution in [0.4, 0.5) is 0 Å². The Labute approximate surface area is 123 Å². The highest BCUT2D eigenvalue weighted by Crippen LogP contribution is 2.13. The molecule has 2 heterocycles. The zero-order valence-electron chi connectivity index (χ0n) is 13.3. The zero-order valence-corrected chi connectivity index (χ0v) is 13.3. The molecule has 1 saturated heterocycles. The molecule has 114 valence electrons. The van der Waals surface area contributed by atoms with Crippen LogP contribution in [0.2, 0.25) is 0 Å². The Bertz CT molecular complexity index is 378. The lowest BCUT2D eigenvalue weighted by molar-refractivity contribution is 0.194. The van der Waals surface area contributed by atoms with Crippen molar-refractivity contribution in [3.8, 4) is 0 Å². The van der Waals surface area contributed by atoms with E-state index in [1.807, 2.05) is 12.5 Å². The molecule has 1 fully saturated rings. The molecule has 1 aromatic heterocycles. The predicted octanol–water partition coefficient (Wildman–Crippen LogP) is 2.82. The van der Waals surface area contributed by atoms with Crippen LogP contribution in [-0.4, -0.2) is 40.1 Å². The van der Waals surface area contributed by atoms with Crippen molar-refractivity contribution in [2.45, 2.75) is 65.1 Å². The van der Waals surface area contributed by atoms with Crippen molar-refractivity contribution in [1.82, 2.24) is 19.8 Å². The summed E-state index contributed by atoms with van der Waals surface area (Å²) >= 11 is 0. The summed E-state index contributed by atoms with van der Waals surface area (Å²) in [6.45, 7) is 11.4. The summed E-state index contributed by atoms with van der Waals surface area (Å²) in [6.07, 6.45) is 9.13. The van der Waals surface area contributed by atoms with Crippen molar-refractivity contribution < 1.29 is 0 Å². The van der Waals surface area contributed by atoms with E-state index < -0.39 is 0 Å². The van der Waals surface area contributed by atoms with Crippen molar-refractivity contribution in [3.63, 3.8) is 0 Å². The van der Waals surface area contributed by atoms with Crippen LogP contribution in [0.3, 0.4) is 0 Å². The second kappa shape index (κ2) is 7.79. The number of hydrogen-bond donors (Lipinski definition) is 1. The second-order valence-electron chi connectivity index (χ2n) is 6.24. The van der Waals surface area contributed by atoms with Gasteiger partial charge in [-0.3, -0.25) is 0 Å². The first-order valence-electron chi connectivity index (χ1n) is 8.17. The fourth-order valence-electron chi connectivity index (χ4n) is 2.93. The Balaban J connectivity index is 1.72. The first-order chi connectivity index (χ1) is 9.70. The van der Waals surface area contributed by atoms with Crippen LogP contribution in [0.5, 0.6) is 0 Å². The fourth-order valence-corrected chi connectivity index (χ4v) is 2.93. The molecule has 2 rings (SSSR count). The maximum atomic E-state index is 4.27. The maximum absolute atomic E-state index is 4.27. The predicted molar refractivity (Wildman–Crippen MR) is 83.8 cm³/mol. The van der Waals surface area contributed by atoms with E-state index in [1.165, 1.54) is 51.0 Å². The number of aromatic nitrogens is 2. The van der Waals surface area contributed by atoms with Crippen LogP contribution in [0.15, 0.2) is 12.5 Å². The summed E-state index contributed by atoms with van der Waals surface area (Å²) in [5.41, 5.74) is 1.30. The van der Waals surface area contributed by atoms with Crippen molar-refractivity contribution >= 4 is 0 Å². The molecule has 0 spiro atoms. The van der Waals surface area contributed by atoms with Gasteiger partial charge in [-0.05, 0) is 52.7 Å². The number of nitrogens with zero attached hydrogens (tertiary/aromatic N) is 3. The third-order valence-corrected chi connectivity index (χ3v) is 4.29. The van der Waals surface area contributed by atoms with Gasteiger partial charge in [0.2, 0.25) is 0 Å². The normalized spacial score (nSPS) is 18.0. The summed E-state index contributed by atoms with van der Waals surface area (Å²) in [6, 6.07) is 1.16. The highest BCUT2D eigenvalue weighted by atomic mass is 15.1. The van der Waals surface area contributed by atoms with Crippen LogP contribution in [-0.2, 0) is 6.54 Å². The largest absolute Gasteiger partial charge is 0.331 e. The summed E-state index contributed by atoms with van der Waals surface area (Å²) in [5, 5.41) is 3.71. The maximum Gasteiger partial charge on any atom is 0.0951 e. The lowest BCUT2D eigenvalue weighted by Crippen LogP contribution is -2.42. The van der Waals surface area contributed by atoms with Gasteiger partial charge in [0.05, 0.1) is 12.0 Å². The fraction of sp³-hybridized carbons (Fsp3) is 0.812. The Morgan fingerprint density at radius 2 is 2.10 bits per heavy atom. The summed E-state index contributed by atoms with van der Waals surface area (Å²) in [7, 11) is 0. The lowest BCUT2D eigenvalue weighted by Gasteiger charge is -2.32. The van der Waals surface area contributed by atoms with Crippen molar-refractivity contribution in [1.29, 1.82) is 0 Å². The Morgan fingerprint density at radius 3 is 2.75 bits per heavy atom. The minimum atomic E-state index is 0.491. The van der Waals surface area contributed by atoms with Crippen LogP contribution in [0.1, 0.15) is 58.2 Å². The second-order valence-corrected chi connectivity index (χ2v) is 6.24. The first kappa shape index (κ1) is 15.5.